The molecule has 0 unspecified atom stereocenters. The van der Waals surface area contributed by atoms with Crippen LogP contribution in [0.1, 0.15) is 25.8 Å². The molecule has 1 aromatic carbocycles. The molecule has 0 spiro atoms. The Hall–Kier alpha value is -3.33. The highest BCUT2D eigenvalue weighted by atomic mass is 16.6. The molecular weight excluding hydrogens is 430 g/mol. The van der Waals surface area contributed by atoms with Crippen LogP contribution in [0.4, 0.5) is 4.79 Å². The van der Waals surface area contributed by atoms with Gasteiger partial charge in [-0.05, 0) is 38.0 Å². The molecular formula is C24H33NO8. The molecule has 9 heteroatoms. The van der Waals surface area contributed by atoms with E-state index in [1.54, 1.807) is 13.8 Å². The van der Waals surface area contributed by atoms with Gasteiger partial charge in [0.25, 0.3) is 0 Å². The van der Waals surface area contributed by atoms with Gasteiger partial charge in [0.1, 0.15) is 19.0 Å². The van der Waals surface area contributed by atoms with Crippen molar-refractivity contribution in [1.82, 2.24) is 5.32 Å². The summed E-state index contributed by atoms with van der Waals surface area (Å²) in [6.07, 6.45) is 0.527. The van der Waals surface area contributed by atoms with E-state index in [-0.39, 0.29) is 25.8 Å². The molecule has 9 nitrogen and oxygen atoms in total. The molecule has 0 aromatic heterocycles. The van der Waals surface area contributed by atoms with Crippen molar-refractivity contribution in [1.29, 1.82) is 0 Å². The highest BCUT2D eigenvalue weighted by molar-refractivity contribution is 5.87. The zero-order valence-electron chi connectivity index (χ0n) is 19.4. The van der Waals surface area contributed by atoms with Crippen LogP contribution in [0.3, 0.4) is 0 Å². The fraction of sp³-hybridized carbons (Fsp3) is 0.458. The van der Waals surface area contributed by atoms with Crippen LogP contribution in [0.5, 0.6) is 5.75 Å². The third-order valence-electron chi connectivity index (χ3n) is 4.03. The number of esters is 2. The standard InChI is InChI=1S/C24H33NO8/c1-18(2)22(26)31-12-5-11-25-24(28)33-17-15-29-14-16-30-21-8-6-20(7-9-21)10-13-32-23(27)19(3)4/h6-9H,1,3,5,10-17H2,2,4H3,(H,25,28). The summed E-state index contributed by atoms with van der Waals surface area (Å²) < 4.78 is 25.9. The first-order chi connectivity index (χ1) is 15.8. The van der Waals surface area contributed by atoms with Crippen LogP contribution >= 0.6 is 0 Å². The monoisotopic (exact) mass is 463 g/mol. The van der Waals surface area contributed by atoms with Crippen LogP contribution in [-0.4, -0.2) is 64.2 Å². The van der Waals surface area contributed by atoms with Crippen molar-refractivity contribution < 1.29 is 38.1 Å². The molecule has 0 aliphatic carbocycles. The first-order valence-electron chi connectivity index (χ1n) is 10.6. The predicted molar refractivity (Wildman–Crippen MR) is 122 cm³/mol. The van der Waals surface area contributed by atoms with E-state index in [0.717, 1.165) is 5.56 Å². The highest BCUT2D eigenvalue weighted by Crippen LogP contribution is 2.12. The molecule has 33 heavy (non-hydrogen) atoms. The first kappa shape index (κ1) is 27.7. The summed E-state index contributed by atoms with van der Waals surface area (Å²) in [5, 5.41) is 2.55. The summed E-state index contributed by atoms with van der Waals surface area (Å²) in [5.41, 5.74) is 1.74. The van der Waals surface area contributed by atoms with E-state index in [4.69, 9.17) is 23.7 Å². The first-order valence-corrected chi connectivity index (χ1v) is 10.6. The highest BCUT2D eigenvalue weighted by Gasteiger charge is 2.05. The van der Waals surface area contributed by atoms with E-state index >= 15 is 0 Å². The van der Waals surface area contributed by atoms with Crippen molar-refractivity contribution in [3.05, 3.63) is 54.1 Å². The predicted octanol–water partition coefficient (Wildman–Crippen LogP) is 2.98. The second-order valence-corrected chi connectivity index (χ2v) is 7.10. The van der Waals surface area contributed by atoms with Crippen LogP contribution in [-0.2, 0) is 35.0 Å². The molecule has 0 bridgehead atoms. The second kappa shape index (κ2) is 16.3. The Kier molecular flexibility index (Phi) is 13.7. The Morgan fingerprint density at radius 2 is 1.39 bits per heavy atom. The Morgan fingerprint density at radius 3 is 2.03 bits per heavy atom. The van der Waals surface area contributed by atoms with E-state index in [1.807, 2.05) is 24.3 Å². The van der Waals surface area contributed by atoms with Crippen LogP contribution in [0.2, 0.25) is 0 Å². The van der Waals surface area contributed by atoms with E-state index < -0.39 is 12.1 Å². The molecule has 1 N–H and O–H groups in total. The largest absolute Gasteiger partial charge is 0.491 e. The molecule has 0 saturated carbocycles. The lowest BCUT2D eigenvalue weighted by Gasteiger charge is -2.09. The maximum Gasteiger partial charge on any atom is 0.407 e. The van der Waals surface area contributed by atoms with Crippen molar-refractivity contribution in [2.24, 2.45) is 0 Å². The van der Waals surface area contributed by atoms with Gasteiger partial charge in [0, 0.05) is 24.1 Å². The topological polar surface area (TPSA) is 109 Å². The summed E-state index contributed by atoms with van der Waals surface area (Å²) in [4.78, 5) is 34.0. The molecule has 0 heterocycles. The zero-order valence-corrected chi connectivity index (χ0v) is 19.4. The molecule has 0 aliphatic rings. The third kappa shape index (κ3) is 13.6. The van der Waals surface area contributed by atoms with Gasteiger partial charge in [-0.25, -0.2) is 14.4 Å². The van der Waals surface area contributed by atoms with Gasteiger partial charge in [-0.2, -0.15) is 0 Å². The van der Waals surface area contributed by atoms with Gasteiger partial charge in [0.15, 0.2) is 0 Å². The Labute approximate surface area is 194 Å². The molecule has 1 rings (SSSR count). The fourth-order valence-corrected chi connectivity index (χ4v) is 2.25. The molecule has 1 amide bonds. The van der Waals surface area contributed by atoms with E-state index in [9.17, 15) is 14.4 Å². The summed E-state index contributed by atoms with van der Waals surface area (Å²) in [7, 11) is 0. The lowest BCUT2D eigenvalue weighted by Crippen LogP contribution is -2.27. The van der Waals surface area contributed by atoms with Gasteiger partial charge in [-0.1, -0.05) is 25.3 Å². The lowest BCUT2D eigenvalue weighted by atomic mass is 10.1. The number of amides is 1. The van der Waals surface area contributed by atoms with Crippen LogP contribution in [0.15, 0.2) is 48.6 Å². The summed E-state index contributed by atoms with van der Waals surface area (Å²) >= 11 is 0. The minimum atomic E-state index is -0.560. The van der Waals surface area contributed by atoms with Crippen molar-refractivity contribution in [3.8, 4) is 5.75 Å². The summed E-state index contributed by atoms with van der Waals surface area (Å²) in [6.45, 7) is 12.1. The molecule has 0 fully saturated rings. The minimum absolute atomic E-state index is 0.112. The Bertz CT molecular complexity index is 788. The van der Waals surface area contributed by atoms with Gasteiger partial charge >= 0.3 is 18.0 Å². The SMILES string of the molecule is C=C(C)C(=O)OCCCNC(=O)OCCOCCOc1ccc(CCOC(=O)C(=C)C)cc1. The van der Waals surface area contributed by atoms with Crippen LogP contribution in [0.25, 0.3) is 0 Å². The quantitative estimate of drug-likeness (QED) is 0.172. The number of hydrogen-bond acceptors (Lipinski definition) is 8. The maximum atomic E-state index is 11.5. The average molecular weight is 464 g/mol. The summed E-state index contributed by atoms with van der Waals surface area (Å²) in [5.74, 6) is -0.139. The zero-order chi connectivity index (χ0) is 24.5. The van der Waals surface area contributed by atoms with Crippen LogP contribution < -0.4 is 10.1 Å². The van der Waals surface area contributed by atoms with Crippen molar-refractivity contribution in [2.75, 3.05) is 46.2 Å². The minimum Gasteiger partial charge on any atom is -0.491 e. The van der Waals surface area contributed by atoms with Gasteiger partial charge in [-0.15, -0.1) is 0 Å². The number of hydrogen-bond donors (Lipinski definition) is 1. The van der Waals surface area contributed by atoms with Gasteiger partial charge in [0.05, 0.1) is 26.4 Å². The maximum absolute atomic E-state index is 11.5. The molecule has 0 aliphatic heterocycles. The number of carbonyl (C=O) groups is 3. The molecule has 0 atom stereocenters. The second-order valence-electron chi connectivity index (χ2n) is 7.10. The molecule has 182 valence electrons. The van der Waals surface area contributed by atoms with Crippen molar-refractivity contribution in [3.63, 3.8) is 0 Å². The van der Waals surface area contributed by atoms with Gasteiger partial charge < -0.3 is 29.0 Å². The third-order valence-corrected chi connectivity index (χ3v) is 4.03. The Morgan fingerprint density at radius 1 is 0.788 bits per heavy atom. The lowest BCUT2D eigenvalue weighted by molar-refractivity contribution is -0.139. The number of ether oxygens (including phenoxy) is 5. The molecule has 1 aromatic rings. The summed E-state index contributed by atoms with van der Waals surface area (Å²) in [6, 6.07) is 7.48. The fourth-order valence-electron chi connectivity index (χ4n) is 2.25. The van der Waals surface area contributed by atoms with Gasteiger partial charge in [0.2, 0.25) is 0 Å². The van der Waals surface area contributed by atoms with E-state index in [1.165, 1.54) is 0 Å². The van der Waals surface area contributed by atoms with E-state index in [2.05, 4.69) is 18.5 Å². The number of benzene rings is 1. The average Bonchev–Trinajstić information content (AvgIpc) is 2.78. The number of carbonyl (C=O) groups excluding carboxylic acids is 3. The Balaban J connectivity index is 2.01. The number of alkyl carbamates (subject to hydrolysis) is 1. The molecule has 0 saturated heterocycles. The van der Waals surface area contributed by atoms with E-state index in [0.29, 0.717) is 56.1 Å². The van der Waals surface area contributed by atoms with Crippen molar-refractivity contribution >= 4 is 18.0 Å². The van der Waals surface area contributed by atoms with Crippen molar-refractivity contribution in [2.45, 2.75) is 26.7 Å². The number of rotatable bonds is 16. The smallest absolute Gasteiger partial charge is 0.407 e. The van der Waals surface area contributed by atoms with Gasteiger partial charge in [-0.3, -0.25) is 0 Å². The number of nitrogens with one attached hydrogen (secondary N) is 1. The normalized spacial score (nSPS) is 10.1. The van der Waals surface area contributed by atoms with Crippen LogP contribution in [0, 0.1) is 0 Å². The molecule has 0 radical (unpaired) electrons.